The van der Waals surface area contributed by atoms with Crippen LogP contribution in [0.15, 0.2) is 30.8 Å². The van der Waals surface area contributed by atoms with Crippen LogP contribution >= 0.6 is 0 Å². The van der Waals surface area contributed by atoms with Gasteiger partial charge in [-0.3, -0.25) is 0 Å². The lowest BCUT2D eigenvalue weighted by molar-refractivity contribution is -0.143. The van der Waals surface area contributed by atoms with Gasteiger partial charge in [-0.15, -0.1) is 0 Å². The minimum absolute atomic E-state index is 0.275. The fraction of sp³-hybridized carbons (Fsp3) is 0.250. The van der Waals surface area contributed by atoms with Gasteiger partial charge in [-0.05, 0) is 17.7 Å². The molecule has 1 aliphatic heterocycles. The largest absolute Gasteiger partial charge is 0.479 e. The number of benzene rings is 1. The normalized spacial score (nSPS) is 19.7. The van der Waals surface area contributed by atoms with E-state index in [9.17, 15) is 4.79 Å². The van der Waals surface area contributed by atoms with E-state index >= 15 is 0 Å². The number of carbonyl (C=O) groups excluding carboxylic acids is 1. The number of hydrogen-bond donors (Lipinski definition) is 0. The predicted molar refractivity (Wildman–Crippen MR) is 56.5 cm³/mol. The molecule has 1 aromatic rings. The van der Waals surface area contributed by atoms with Gasteiger partial charge in [0.15, 0.2) is 6.10 Å². The Morgan fingerprint density at radius 1 is 1.40 bits per heavy atom. The average molecular weight is 204 g/mol. The van der Waals surface area contributed by atoms with Gasteiger partial charge in [0.1, 0.15) is 5.75 Å². The van der Waals surface area contributed by atoms with Crippen molar-refractivity contribution in [1.82, 2.24) is 0 Å². The van der Waals surface area contributed by atoms with Crippen molar-refractivity contribution in [2.45, 2.75) is 12.5 Å². The van der Waals surface area contributed by atoms with Crippen LogP contribution in [-0.4, -0.2) is 18.7 Å². The Morgan fingerprint density at radius 2 is 2.13 bits per heavy atom. The lowest BCUT2D eigenvalue weighted by Crippen LogP contribution is -2.21. The van der Waals surface area contributed by atoms with Crippen molar-refractivity contribution < 1.29 is 14.3 Å². The molecule has 2 rings (SSSR count). The first-order valence-corrected chi connectivity index (χ1v) is 4.85. The zero-order valence-corrected chi connectivity index (χ0v) is 8.31. The summed E-state index contributed by atoms with van der Waals surface area (Å²) in [5.41, 5.74) is 1.02. The summed E-state index contributed by atoms with van der Waals surface area (Å²) in [6, 6.07) is 7.43. The molecule has 1 aromatic carbocycles. The summed E-state index contributed by atoms with van der Waals surface area (Å²) in [4.78, 5) is 11.1. The Morgan fingerprint density at radius 3 is 2.67 bits per heavy atom. The number of cyclic esters (lactones) is 1. The average Bonchev–Trinajstić information content (AvgIpc) is 2.66. The quantitative estimate of drug-likeness (QED) is 0.706. The molecule has 0 aliphatic carbocycles. The summed E-state index contributed by atoms with van der Waals surface area (Å²) in [6.07, 6.45) is 1.94. The monoisotopic (exact) mass is 204 g/mol. The van der Waals surface area contributed by atoms with E-state index in [0.29, 0.717) is 18.8 Å². The van der Waals surface area contributed by atoms with E-state index in [4.69, 9.17) is 9.47 Å². The molecule has 0 spiro atoms. The second kappa shape index (κ2) is 4.17. The molecule has 15 heavy (non-hydrogen) atoms. The minimum Gasteiger partial charge on any atom is -0.479 e. The molecule has 1 fully saturated rings. The Kier molecular flexibility index (Phi) is 2.72. The van der Waals surface area contributed by atoms with Crippen LogP contribution in [0.25, 0.3) is 6.08 Å². The molecule has 1 aliphatic rings. The van der Waals surface area contributed by atoms with Crippen molar-refractivity contribution in [2.75, 3.05) is 6.61 Å². The van der Waals surface area contributed by atoms with Crippen molar-refractivity contribution in [1.29, 1.82) is 0 Å². The first kappa shape index (κ1) is 9.77. The molecule has 78 valence electrons. The first-order valence-electron chi connectivity index (χ1n) is 4.85. The molecule has 0 aromatic heterocycles. The third kappa shape index (κ3) is 2.18. The molecule has 0 N–H and O–H groups in total. The number of hydrogen-bond acceptors (Lipinski definition) is 3. The second-order valence-electron chi connectivity index (χ2n) is 3.34. The van der Waals surface area contributed by atoms with Crippen molar-refractivity contribution in [3.63, 3.8) is 0 Å². The van der Waals surface area contributed by atoms with Crippen LogP contribution in [0.2, 0.25) is 0 Å². The van der Waals surface area contributed by atoms with Crippen molar-refractivity contribution in [3.05, 3.63) is 36.4 Å². The van der Waals surface area contributed by atoms with Crippen molar-refractivity contribution in [2.24, 2.45) is 0 Å². The molecule has 1 saturated heterocycles. The Balaban J connectivity index is 2.04. The maximum Gasteiger partial charge on any atom is 0.347 e. The summed E-state index contributed by atoms with van der Waals surface area (Å²) < 4.78 is 10.3. The lowest BCUT2D eigenvalue weighted by atomic mass is 10.2. The van der Waals surface area contributed by atoms with Crippen LogP contribution in [-0.2, 0) is 9.53 Å². The van der Waals surface area contributed by atoms with Crippen LogP contribution in [0.5, 0.6) is 5.75 Å². The second-order valence-corrected chi connectivity index (χ2v) is 3.34. The van der Waals surface area contributed by atoms with E-state index in [1.165, 1.54) is 0 Å². The van der Waals surface area contributed by atoms with E-state index in [1.807, 2.05) is 24.3 Å². The Hall–Kier alpha value is -1.77. The van der Waals surface area contributed by atoms with Crippen LogP contribution in [0, 0.1) is 0 Å². The van der Waals surface area contributed by atoms with E-state index in [1.54, 1.807) is 6.08 Å². The van der Waals surface area contributed by atoms with Gasteiger partial charge < -0.3 is 9.47 Å². The zero-order valence-electron chi connectivity index (χ0n) is 8.31. The van der Waals surface area contributed by atoms with E-state index in [-0.39, 0.29) is 5.97 Å². The van der Waals surface area contributed by atoms with Gasteiger partial charge in [-0.1, -0.05) is 24.8 Å². The minimum atomic E-state index is -0.445. The lowest BCUT2D eigenvalue weighted by Gasteiger charge is -2.09. The third-order valence-electron chi connectivity index (χ3n) is 2.28. The highest BCUT2D eigenvalue weighted by Gasteiger charge is 2.28. The van der Waals surface area contributed by atoms with Crippen molar-refractivity contribution >= 4 is 12.0 Å². The van der Waals surface area contributed by atoms with E-state index in [0.717, 1.165) is 5.56 Å². The molecule has 1 unspecified atom stereocenters. The molecule has 0 bridgehead atoms. The summed E-state index contributed by atoms with van der Waals surface area (Å²) in [5.74, 6) is 0.409. The smallest absolute Gasteiger partial charge is 0.347 e. The first-order chi connectivity index (χ1) is 7.29. The number of carbonyl (C=O) groups is 1. The van der Waals surface area contributed by atoms with Crippen LogP contribution in [0.3, 0.4) is 0 Å². The molecule has 1 atom stereocenters. The summed E-state index contributed by atoms with van der Waals surface area (Å²) in [7, 11) is 0. The number of ether oxygens (including phenoxy) is 2. The molecule has 0 amide bonds. The Labute approximate surface area is 88.3 Å². The van der Waals surface area contributed by atoms with Crippen molar-refractivity contribution in [3.8, 4) is 5.75 Å². The fourth-order valence-corrected chi connectivity index (χ4v) is 1.43. The highest BCUT2D eigenvalue weighted by molar-refractivity contribution is 5.76. The van der Waals surface area contributed by atoms with Gasteiger partial charge in [-0.25, -0.2) is 4.79 Å². The maximum atomic E-state index is 11.1. The number of rotatable bonds is 3. The fourth-order valence-electron chi connectivity index (χ4n) is 1.43. The molecular weight excluding hydrogens is 192 g/mol. The SMILES string of the molecule is C=Cc1ccc(OC2CCOC2=O)cc1. The number of esters is 1. The summed E-state index contributed by atoms with van der Waals surface area (Å²) in [5, 5.41) is 0. The van der Waals surface area contributed by atoms with Crippen LogP contribution in [0.1, 0.15) is 12.0 Å². The van der Waals surface area contributed by atoms with Crippen LogP contribution < -0.4 is 4.74 Å². The van der Waals surface area contributed by atoms with Gasteiger partial charge in [-0.2, -0.15) is 0 Å². The van der Waals surface area contributed by atoms with E-state index < -0.39 is 6.10 Å². The van der Waals surface area contributed by atoms with Gasteiger partial charge in [0.25, 0.3) is 0 Å². The van der Waals surface area contributed by atoms with Crippen LogP contribution in [0.4, 0.5) is 0 Å². The topological polar surface area (TPSA) is 35.5 Å². The molecule has 0 saturated carbocycles. The maximum absolute atomic E-state index is 11.1. The molecule has 0 radical (unpaired) electrons. The zero-order chi connectivity index (χ0) is 10.7. The molecule has 3 heteroatoms. The van der Waals surface area contributed by atoms with Gasteiger partial charge in [0.2, 0.25) is 0 Å². The molecule has 1 heterocycles. The molecular formula is C12H12O3. The van der Waals surface area contributed by atoms with Gasteiger partial charge >= 0.3 is 5.97 Å². The van der Waals surface area contributed by atoms with E-state index in [2.05, 4.69) is 6.58 Å². The standard InChI is InChI=1S/C12H12O3/c1-2-9-3-5-10(6-4-9)15-11-7-8-14-12(11)13/h2-6,11H,1,7-8H2. The van der Waals surface area contributed by atoms with Gasteiger partial charge in [0, 0.05) is 6.42 Å². The molecule has 3 nitrogen and oxygen atoms in total. The summed E-state index contributed by atoms with van der Waals surface area (Å²) >= 11 is 0. The Bertz CT molecular complexity index is 367. The van der Waals surface area contributed by atoms with Gasteiger partial charge in [0.05, 0.1) is 6.61 Å². The third-order valence-corrected chi connectivity index (χ3v) is 2.28. The predicted octanol–water partition coefficient (Wildman–Crippen LogP) is 2.02. The highest BCUT2D eigenvalue weighted by Crippen LogP contribution is 2.18. The summed E-state index contributed by atoms with van der Waals surface area (Å²) in [6.45, 7) is 4.11. The highest BCUT2D eigenvalue weighted by atomic mass is 16.6.